The van der Waals surface area contributed by atoms with E-state index in [0.717, 1.165) is 29.7 Å². The van der Waals surface area contributed by atoms with Crippen molar-refractivity contribution in [3.63, 3.8) is 0 Å². The molecular weight excluding hydrogens is 418 g/mol. The number of hydrogen-bond donors (Lipinski definition) is 1. The molecule has 1 aromatic carbocycles. The highest BCUT2D eigenvalue weighted by atomic mass is 16.5. The molecule has 33 heavy (non-hydrogen) atoms. The fraction of sp³-hybridized carbons (Fsp3) is 0.292. The number of nitrogens with two attached hydrogens (primary N) is 1. The first kappa shape index (κ1) is 21.0. The second kappa shape index (κ2) is 8.95. The number of benzene rings is 1. The van der Waals surface area contributed by atoms with Crippen molar-refractivity contribution in [2.75, 3.05) is 13.2 Å². The van der Waals surface area contributed by atoms with Gasteiger partial charge in [-0.3, -0.25) is 9.48 Å². The van der Waals surface area contributed by atoms with Gasteiger partial charge in [-0.25, -0.2) is 14.6 Å². The molecule has 0 radical (unpaired) electrons. The van der Waals surface area contributed by atoms with Crippen molar-refractivity contribution in [3.8, 4) is 28.4 Å². The predicted molar refractivity (Wildman–Crippen MR) is 123 cm³/mol. The van der Waals surface area contributed by atoms with Gasteiger partial charge in [0.1, 0.15) is 0 Å². The normalized spacial score (nSPS) is 17.2. The second-order valence-electron chi connectivity index (χ2n) is 8.36. The summed E-state index contributed by atoms with van der Waals surface area (Å²) >= 11 is 0. The van der Waals surface area contributed by atoms with E-state index in [4.69, 9.17) is 10.5 Å². The van der Waals surface area contributed by atoms with Crippen LogP contribution in [0.25, 0.3) is 22.6 Å². The minimum absolute atomic E-state index is 0.168. The lowest BCUT2D eigenvalue weighted by Gasteiger charge is -2.09. The van der Waals surface area contributed by atoms with Gasteiger partial charge in [-0.05, 0) is 42.5 Å². The molecule has 168 valence electrons. The van der Waals surface area contributed by atoms with Crippen molar-refractivity contribution in [1.82, 2.24) is 29.5 Å². The zero-order valence-electron chi connectivity index (χ0n) is 18.3. The Kier molecular flexibility index (Phi) is 5.70. The monoisotopic (exact) mass is 443 g/mol. The lowest BCUT2D eigenvalue weighted by atomic mass is 10.1. The number of hydrogen-bond acceptors (Lipinski definition) is 7. The molecule has 5 rings (SSSR count). The Morgan fingerprint density at radius 2 is 1.94 bits per heavy atom. The van der Waals surface area contributed by atoms with E-state index < -0.39 is 0 Å². The van der Waals surface area contributed by atoms with Crippen molar-refractivity contribution >= 4 is 0 Å². The fourth-order valence-electron chi connectivity index (χ4n) is 3.80. The van der Waals surface area contributed by atoms with E-state index in [2.05, 4.69) is 20.2 Å². The van der Waals surface area contributed by atoms with Crippen LogP contribution in [0.15, 0.2) is 66.0 Å². The summed E-state index contributed by atoms with van der Waals surface area (Å²) in [5.41, 5.74) is 8.85. The molecule has 1 aliphatic rings. The van der Waals surface area contributed by atoms with E-state index in [1.54, 1.807) is 29.3 Å². The first-order chi connectivity index (χ1) is 16.1. The van der Waals surface area contributed by atoms with Gasteiger partial charge in [-0.2, -0.15) is 10.2 Å². The highest BCUT2D eigenvalue weighted by Crippen LogP contribution is 2.37. The van der Waals surface area contributed by atoms with Gasteiger partial charge in [0, 0.05) is 30.4 Å². The maximum absolute atomic E-state index is 12.4. The number of nitrogens with zero attached hydrogens (tertiary/aromatic N) is 6. The van der Waals surface area contributed by atoms with Gasteiger partial charge in [0.25, 0.3) is 5.56 Å². The first-order valence-corrected chi connectivity index (χ1v) is 10.9. The zero-order valence-corrected chi connectivity index (χ0v) is 18.3. The Balaban J connectivity index is 1.30. The molecule has 4 aromatic rings. The van der Waals surface area contributed by atoms with E-state index >= 15 is 0 Å². The molecule has 0 saturated heterocycles. The molecule has 1 saturated carbocycles. The van der Waals surface area contributed by atoms with Gasteiger partial charge >= 0.3 is 0 Å². The van der Waals surface area contributed by atoms with Crippen molar-refractivity contribution in [2.24, 2.45) is 24.6 Å². The van der Waals surface area contributed by atoms with Crippen molar-refractivity contribution in [1.29, 1.82) is 0 Å². The Labute approximate surface area is 190 Å². The molecule has 2 atom stereocenters. The average molecular weight is 444 g/mol. The summed E-state index contributed by atoms with van der Waals surface area (Å²) in [5, 5.41) is 8.68. The Morgan fingerprint density at radius 3 is 2.67 bits per heavy atom. The minimum Gasteiger partial charge on any atom is -0.490 e. The van der Waals surface area contributed by atoms with Gasteiger partial charge in [-0.15, -0.1) is 0 Å². The van der Waals surface area contributed by atoms with Crippen molar-refractivity contribution < 1.29 is 4.74 Å². The zero-order chi connectivity index (χ0) is 22.8. The standard InChI is InChI=1S/C24H25N7O2/c1-30-14-20(10-28-30)22-5-6-23(32)31(29-22)13-16-3-2-4-17(7-16)24-26-11-21(12-27-24)33-15-19-8-18(19)9-25/h2-7,10-12,14,18-19H,8-9,13,15,25H2,1H3. The highest BCUT2D eigenvalue weighted by Gasteiger charge is 2.36. The average Bonchev–Trinajstić information content (AvgIpc) is 3.48. The Morgan fingerprint density at radius 1 is 1.09 bits per heavy atom. The molecular formula is C24H25N7O2. The molecule has 1 fully saturated rings. The fourth-order valence-corrected chi connectivity index (χ4v) is 3.80. The van der Waals surface area contributed by atoms with Crippen molar-refractivity contribution in [3.05, 3.63) is 77.1 Å². The Hall–Kier alpha value is -3.85. The van der Waals surface area contributed by atoms with Crippen LogP contribution in [0.4, 0.5) is 0 Å². The van der Waals surface area contributed by atoms with E-state index in [1.807, 2.05) is 37.5 Å². The van der Waals surface area contributed by atoms with Crippen LogP contribution >= 0.6 is 0 Å². The summed E-state index contributed by atoms with van der Waals surface area (Å²) < 4.78 is 8.94. The van der Waals surface area contributed by atoms with E-state index in [0.29, 0.717) is 42.3 Å². The van der Waals surface area contributed by atoms with Gasteiger partial charge < -0.3 is 10.5 Å². The maximum Gasteiger partial charge on any atom is 0.267 e. The molecule has 2 N–H and O–H groups in total. The quantitative estimate of drug-likeness (QED) is 0.444. The van der Waals surface area contributed by atoms with Crippen LogP contribution in [0.2, 0.25) is 0 Å². The van der Waals surface area contributed by atoms with Crippen LogP contribution in [0.3, 0.4) is 0 Å². The van der Waals surface area contributed by atoms with Gasteiger partial charge in [0.2, 0.25) is 0 Å². The largest absolute Gasteiger partial charge is 0.490 e. The summed E-state index contributed by atoms with van der Waals surface area (Å²) in [7, 11) is 1.84. The third-order valence-corrected chi connectivity index (χ3v) is 5.85. The summed E-state index contributed by atoms with van der Waals surface area (Å²) in [6.07, 6.45) is 8.11. The van der Waals surface area contributed by atoms with E-state index in [9.17, 15) is 4.79 Å². The van der Waals surface area contributed by atoms with E-state index in [1.165, 1.54) is 10.7 Å². The summed E-state index contributed by atoms with van der Waals surface area (Å²) in [6.45, 7) is 1.71. The molecule has 2 unspecified atom stereocenters. The topological polar surface area (TPSA) is 114 Å². The lowest BCUT2D eigenvalue weighted by molar-refractivity contribution is 0.290. The molecule has 3 aromatic heterocycles. The molecule has 0 bridgehead atoms. The first-order valence-electron chi connectivity index (χ1n) is 10.9. The van der Waals surface area contributed by atoms with E-state index in [-0.39, 0.29) is 5.56 Å². The molecule has 9 nitrogen and oxygen atoms in total. The smallest absolute Gasteiger partial charge is 0.267 e. The van der Waals surface area contributed by atoms with Crippen molar-refractivity contribution in [2.45, 2.75) is 13.0 Å². The van der Waals surface area contributed by atoms with Crippen LogP contribution in [0.1, 0.15) is 12.0 Å². The maximum atomic E-state index is 12.4. The number of aryl methyl sites for hydroxylation is 1. The Bertz CT molecular complexity index is 1310. The van der Waals surface area contributed by atoms with Crippen LogP contribution < -0.4 is 16.0 Å². The van der Waals surface area contributed by atoms with Gasteiger partial charge in [0.15, 0.2) is 11.6 Å². The second-order valence-corrected chi connectivity index (χ2v) is 8.36. The van der Waals surface area contributed by atoms with Crippen LogP contribution in [-0.4, -0.2) is 42.7 Å². The molecule has 0 amide bonds. The summed E-state index contributed by atoms with van der Waals surface area (Å²) in [6, 6.07) is 11.0. The van der Waals surface area contributed by atoms with Crippen LogP contribution in [0, 0.1) is 11.8 Å². The number of rotatable bonds is 8. The number of ether oxygens (including phenoxy) is 1. The van der Waals surface area contributed by atoms with Crippen LogP contribution in [-0.2, 0) is 13.6 Å². The lowest BCUT2D eigenvalue weighted by Crippen LogP contribution is -2.22. The summed E-state index contributed by atoms with van der Waals surface area (Å²) in [4.78, 5) is 21.3. The van der Waals surface area contributed by atoms with Crippen LogP contribution in [0.5, 0.6) is 5.75 Å². The summed E-state index contributed by atoms with van der Waals surface area (Å²) in [5.74, 6) is 2.38. The molecule has 0 spiro atoms. The highest BCUT2D eigenvalue weighted by molar-refractivity contribution is 5.57. The number of aromatic nitrogens is 6. The molecule has 3 heterocycles. The third-order valence-electron chi connectivity index (χ3n) is 5.85. The molecule has 0 aliphatic heterocycles. The third kappa shape index (κ3) is 4.83. The predicted octanol–water partition coefficient (Wildman–Crippen LogP) is 2.12. The molecule has 1 aliphatic carbocycles. The molecule has 9 heteroatoms. The minimum atomic E-state index is -0.168. The van der Waals surface area contributed by atoms with Gasteiger partial charge in [-0.1, -0.05) is 18.2 Å². The SMILES string of the molecule is Cn1cc(-c2ccc(=O)n(Cc3cccc(-c4ncc(OCC5CC5CN)cn4)c3)n2)cn1. The van der Waals surface area contributed by atoms with Gasteiger partial charge in [0.05, 0.1) is 37.4 Å².